The number of ether oxygens (including phenoxy) is 2. The van der Waals surface area contributed by atoms with Gasteiger partial charge in [-0.2, -0.15) is 0 Å². The summed E-state index contributed by atoms with van der Waals surface area (Å²) in [6.45, 7) is 5.01. The van der Waals surface area contributed by atoms with Crippen molar-refractivity contribution in [2.45, 2.75) is 57.6 Å². The molecule has 0 aromatic heterocycles. The van der Waals surface area contributed by atoms with E-state index < -0.39 is 5.60 Å². The van der Waals surface area contributed by atoms with Gasteiger partial charge in [0.05, 0.1) is 26.4 Å². The van der Waals surface area contributed by atoms with E-state index in [1.807, 2.05) is 44.2 Å². The van der Waals surface area contributed by atoms with Crippen molar-refractivity contribution in [2.24, 2.45) is 5.92 Å². The van der Waals surface area contributed by atoms with E-state index in [2.05, 4.69) is 16.3 Å². The predicted octanol–water partition coefficient (Wildman–Crippen LogP) is 4.63. The highest BCUT2D eigenvalue weighted by Crippen LogP contribution is 2.50. The molecular weight excluding hydrogens is 416 g/mol. The van der Waals surface area contributed by atoms with Crippen LogP contribution in [0.3, 0.4) is 0 Å². The normalized spacial score (nSPS) is 25.2. The zero-order valence-electron chi connectivity index (χ0n) is 20.2. The van der Waals surface area contributed by atoms with E-state index in [1.165, 1.54) is 0 Å². The van der Waals surface area contributed by atoms with E-state index in [1.54, 1.807) is 14.2 Å². The highest BCUT2D eigenvalue weighted by Gasteiger charge is 2.49. The Bertz CT molecular complexity index is 987. The number of benzene rings is 2. The summed E-state index contributed by atoms with van der Waals surface area (Å²) in [6.07, 6.45) is 4.62. The Balaban J connectivity index is 1.62. The molecule has 1 heterocycles. The molecule has 1 aliphatic heterocycles. The molecule has 4 rings (SSSR count). The van der Waals surface area contributed by atoms with Gasteiger partial charge in [-0.3, -0.25) is 9.69 Å². The number of carbonyl (C=O) groups excluding carboxylic acids is 1. The van der Waals surface area contributed by atoms with Crippen molar-refractivity contribution in [3.63, 3.8) is 0 Å². The van der Waals surface area contributed by atoms with Crippen molar-refractivity contribution in [2.75, 3.05) is 32.6 Å². The second kappa shape index (κ2) is 9.74. The average Bonchev–Trinajstić information content (AvgIpc) is 2.77. The average molecular weight is 453 g/mol. The molecule has 2 N–H and O–H groups in total. The first-order chi connectivity index (χ1) is 15.8. The Morgan fingerprint density at radius 3 is 2.48 bits per heavy atom. The zero-order valence-corrected chi connectivity index (χ0v) is 20.2. The Hall–Kier alpha value is -2.57. The molecule has 1 aliphatic carbocycles. The van der Waals surface area contributed by atoms with Crippen LogP contribution in [0.4, 0.5) is 5.69 Å². The Morgan fingerprint density at radius 1 is 1.06 bits per heavy atom. The van der Waals surface area contributed by atoms with Crippen molar-refractivity contribution < 1.29 is 19.4 Å². The fourth-order valence-electron chi connectivity index (χ4n) is 5.83. The molecule has 0 unspecified atom stereocenters. The lowest BCUT2D eigenvalue weighted by molar-refractivity contribution is -0.135. The van der Waals surface area contributed by atoms with Crippen LogP contribution >= 0.6 is 0 Å². The third-order valence-corrected chi connectivity index (χ3v) is 7.27. The zero-order chi connectivity index (χ0) is 23.6. The number of carbonyl (C=O) groups is 1. The van der Waals surface area contributed by atoms with E-state index in [-0.39, 0.29) is 24.4 Å². The number of likely N-dealkylation sites (tertiary alicyclic amines) is 1. The van der Waals surface area contributed by atoms with Crippen LogP contribution in [0.25, 0.3) is 0 Å². The number of aryl methyl sites for hydroxylation is 2. The van der Waals surface area contributed by atoms with Gasteiger partial charge in [0.15, 0.2) is 11.5 Å². The van der Waals surface area contributed by atoms with Gasteiger partial charge in [-0.15, -0.1) is 0 Å². The van der Waals surface area contributed by atoms with Gasteiger partial charge in [0, 0.05) is 24.2 Å². The molecule has 6 heteroatoms. The summed E-state index contributed by atoms with van der Waals surface area (Å²) in [5.74, 6) is 1.38. The van der Waals surface area contributed by atoms with Gasteiger partial charge < -0.3 is 19.9 Å². The summed E-state index contributed by atoms with van der Waals surface area (Å²) in [6, 6.07) is 12.0. The lowest BCUT2D eigenvalue weighted by Gasteiger charge is -2.52. The number of anilines is 1. The molecule has 178 valence electrons. The Kier molecular flexibility index (Phi) is 6.96. The van der Waals surface area contributed by atoms with Crippen LogP contribution in [0.2, 0.25) is 0 Å². The van der Waals surface area contributed by atoms with Crippen LogP contribution in [0.15, 0.2) is 36.4 Å². The van der Waals surface area contributed by atoms with Gasteiger partial charge in [0.25, 0.3) is 0 Å². The quantitative estimate of drug-likeness (QED) is 0.669. The fraction of sp³-hybridized carbons (Fsp3) is 0.519. The van der Waals surface area contributed by atoms with E-state index in [4.69, 9.17) is 9.47 Å². The number of amides is 1. The summed E-state index contributed by atoms with van der Waals surface area (Å²) in [7, 11) is 3.26. The maximum absolute atomic E-state index is 13.1. The molecule has 1 saturated carbocycles. The third-order valence-electron chi connectivity index (χ3n) is 7.27. The molecule has 3 atom stereocenters. The minimum absolute atomic E-state index is 0.0354. The van der Waals surface area contributed by atoms with Crippen LogP contribution < -0.4 is 14.8 Å². The predicted molar refractivity (Wildman–Crippen MR) is 130 cm³/mol. The molecular formula is C27H36N2O4. The molecule has 2 fully saturated rings. The first-order valence-corrected chi connectivity index (χ1v) is 11.9. The largest absolute Gasteiger partial charge is 0.493 e. The minimum atomic E-state index is -0.684. The third kappa shape index (κ3) is 5.02. The van der Waals surface area contributed by atoms with E-state index in [0.29, 0.717) is 24.5 Å². The first kappa shape index (κ1) is 23.6. The molecule has 0 bridgehead atoms. The molecule has 0 radical (unpaired) electrons. The van der Waals surface area contributed by atoms with Gasteiger partial charge in [-0.25, -0.2) is 0 Å². The molecule has 2 aliphatic rings. The summed E-state index contributed by atoms with van der Waals surface area (Å²) in [4.78, 5) is 15.3. The smallest absolute Gasteiger partial charge is 0.238 e. The first-order valence-electron chi connectivity index (χ1n) is 11.9. The van der Waals surface area contributed by atoms with Crippen molar-refractivity contribution in [3.05, 3.63) is 53.1 Å². The van der Waals surface area contributed by atoms with Gasteiger partial charge in [-0.1, -0.05) is 25.0 Å². The second-order valence-corrected chi connectivity index (χ2v) is 9.66. The van der Waals surface area contributed by atoms with Crippen molar-refractivity contribution in [1.29, 1.82) is 0 Å². The van der Waals surface area contributed by atoms with Crippen LogP contribution in [0.5, 0.6) is 11.5 Å². The number of hydrogen-bond acceptors (Lipinski definition) is 5. The van der Waals surface area contributed by atoms with E-state index in [0.717, 1.165) is 48.1 Å². The van der Waals surface area contributed by atoms with Gasteiger partial charge in [0.2, 0.25) is 5.91 Å². The highest BCUT2D eigenvalue weighted by atomic mass is 16.5. The fourth-order valence-corrected chi connectivity index (χ4v) is 5.83. The monoisotopic (exact) mass is 452 g/mol. The van der Waals surface area contributed by atoms with E-state index in [9.17, 15) is 9.90 Å². The number of fused-ring (bicyclic) bond motifs is 1. The number of methoxy groups -OCH3 is 2. The summed E-state index contributed by atoms with van der Waals surface area (Å²) in [5, 5.41) is 14.6. The SMILES string of the molecule is COc1ccc([C@H]2[C@H]3CCCC[C@]3(O)CCN2CC(=O)Nc2cc(C)cc(C)c2)cc1OC. The molecule has 33 heavy (non-hydrogen) atoms. The number of rotatable bonds is 6. The van der Waals surface area contributed by atoms with Gasteiger partial charge >= 0.3 is 0 Å². The number of aliphatic hydroxyl groups is 1. The van der Waals surface area contributed by atoms with E-state index >= 15 is 0 Å². The van der Waals surface area contributed by atoms with Crippen LogP contribution in [0, 0.1) is 19.8 Å². The maximum atomic E-state index is 13.1. The molecule has 0 spiro atoms. The summed E-state index contributed by atoms with van der Waals surface area (Å²) < 4.78 is 11.0. The number of piperidine rings is 1. The molecule has 2 aromatic carbocycles. The molecule has 2 aromatic rings. The molecule has 6 nitrogen and oxygen atoms in total. The number of nitrogens with zero attached hydrogens (tertiary/aromatic N) is 1. The second-order valence-electron chi connectivity index (χ2n) is 9.66. The number of hydrogen-bond donors (Lipinski definition) is 2. The molecule has 1 saturated heterocycles. The van der Waals surface area contributed by atoms with Crippen LogP contribution in [-0.4, -0.2) is 48.8 Å². The van der Waals surface area contributed by atoms with Crippen LogP contribution in [-0.2, 0) is 4.79 Å². The summed E-state index contributed by atoms with van der Waals surface area (Å²) >= 11 is 0. The lowest BCUT2D eigenvalue weighted by atomic mass is 9.66. The Morgan fingerprint density at radius 2 is 1.79 bits per heavy atom. The number of nitrogens with one attached hydrogen (secondary N) is 1. The highest BCUT2D eigenvalue weighted by molar-refractivity contribution is 5.92. The van der Waals surface area contributed by atoms with Crippen molar-refractivity contribution in [1.82, 2.24) is 4.90 Å². The van der Waals surface area contributed by atoms with Crippen molar-refractivity contribution >= 4 is 11.6 Å². The van der Waals surface area contributed by atoms with Crippen molar-refractivity contribution in [3.8, 4) is 11.5 Å². The summed E-state index contributed by atoms with van der Waals surface area (Å²) in [5.41, 5.74) is 3.44. The topological polar surface area (TPSA) is 71.0 Å². The Labute approximate surface area is 196 Å². The lowest BCUT2D eigenvalue weighted by Crippen LogP contribution is -2.56. The maximum Gasteiger partial charge on any atom is 0.238 e. The molecule has 1 amide bonds. The standard InChI is InChI=1S/C27H36N2O4/c1-18-13-19(2)15-21(14-18)28-25(30)17-29-12-11-27(31)10-6-5-7-22(27)26(29)20-8-9-23(32-3)24(16-20)33-4/h8-9,13-16,22,26,31H,5-7,10-12,17H2,1-4H3,(H,28,30)/t22-,26+,27+/m1/s1. The van der Waals surface area contributed by atoms with Crippen LogP contribution in [0.1, 0.15) is 54.8 Å². The van der Waals surface area contributed by atoms with Gasteiger partial charge in [-0.05, 0) is 74.1 Å². The van der Waals surface area contributed by atoms with Gasteiger partial charge in [0.1, 0.15) is 0 Å². The minimum Gasteiger partial charge on any atom is -0.493 e.